The van der Waals surface area contributed by atoms with Crippen molar-refractivity contribution in [1.82, 2.24) is 0 Å². The molecule has 1 aromatic rings. The fourth-order valence-corrected chi connectivity index (χ4v) is 4.13. The minimum atomic E-state index is -1.42. The number of benzene rings is 1. The molecule has 0 aliphatic carbocycles. The summed E-state index contributed by atoms with van der Waals surface area (Å²) >= 11 is 1.26. The predicted octanol–water partition coefficient (Wildman–Crippen LogP) is 4.37. The number of thioether (sulfide) groups is 1. The lowest BCUT2D eigenvalue weighted by atomic mass is 9.94. The van der Waals surface area contributed by atoms with Gasteiger partial charge in [-0.1, -0.05) is 30.0 Å². The highest BCUT2D eigenvalue weighted by Crippen LogP contribution is 2.37. The maximum atomic E-state index is 12.8. The summed E-state index contributed by atoms with van der Waals surface area (Å²) < 4.78 is 23.2. The Hall–Kier alpha value is -2.10. The first-order valence-electron chi connectivity index (χ1n) is 12.1. The van der Waals surface area contributed by atoms with Crippen LogP contribution in [-0.4, -0.2) is 59.5 Å². The summed E-state index contributed by atoms with van der Waals surface area (Å²) in [5.74, 6) is -1.57. The first-order valence-corrected chi connectivity index (χ1v) is 12.9. The molecule has 0 aromatic heterocycles. The van der Waals surface area contributed by atoms with E-state index < -0.39 is 64.0 Å². The minimum absolute atomic E-state index is 0.249. The van der Waals surface area contributed by atoms with E-state index in [1.807, 2.05) is 30.3 Å². The van der Waals surface area contributed by atoms with Crippen molar-refractivity contribution in [3.05, 3.63) is 30.3 Å². The van der Waals surface area contributed by atoms with Crippen LogP contribution in [0.25, 0.3) is 0 Å². The molecule has 1 N–H and O–H groups in total. The summed E-state index contributed by atoms with van der Waals surface area (Å²) in [5.41, 5.74) is -3.30. The second kappa shape index (κ2) is 11.5. The minimum Gasteiger partial charge on any atom is -0.462 e. The van der Waals surface area contributed by atoms with Gasteiger partial charge in [0.15, 0.2) is 12.2 Å². The Bertz CT molecular complexity index is 908. The standard InChI is InChI=1S/C27H40O8S/c1-25(2,3)22(29)32-15-17-19(34-23(30)26(4,5)6)18(28)20(35-24(31)27(7,8)9)21(33-17)36-16-13-11-10-12-14-16/h10-14,17-21,28H,15H2,1-9H3/t17-,18+,19+,20-,21+/m1/s1. The molecule has 1 aliphatic heterocycles. The number of carbonyl (C=O) groups excluding carboxylic acids is 3. The maximum absolute atomic E-state index is 12.8. The van der Waals surface area contributed by atoms with Crippen molar-refractivity contribution in [2.75, 3.05) is 6.61 Å². The second-order valence-electron chi connectivity index (χ2n) is 12.1. The van der Waals surface area contributed by atoms with Gasteiger partial charge in [0.05, 0.1) is 16.2 Å². The molecular formula is C27H40O8S. The Labute approximate surface area is 218 Å². The predicted molar refractivity (Wildman–Crippen MR) is 136 cm³/mol. The molecule has 1 saturated heterocycles. The highest BCUT2D eigenvalue weighted by atomic mass is 32.2. The van der Waals surface area contributed by atoms with Crippen LogP contribution in [0.15, 0.2) is 35.2 Å². The van der Waals surface area contributed by atoms with E-state index in [4.69, 9.17) is 18.9 Å². The van der Waals surface area contributed by atoms with Gasteiger partial charge in [-0.15, -0.1) is 0 Å². The fourth-order valence-electron chi connectivity index (χ4n) is 3.00. The summed E-state index contributed by atoms with van der Waals surface area (Å²) in [6, 6.07) is 9.31. The number of ether oxygens (including phenoxy) is 4. The molecule has 1 fully saturated rings. The zero-order valence-electron chi connectivity index (χ0n) is 22.7. The number of hydrogen-bond donors (Lipinski definition) is 1. The average molecular weight is 525 g/mol. The van der Waals surface area contributed by atoms with Gasteiger partial charge in [0.25, 0.3) is 0 Å². The van der Waals surface area contributed by atoms with E-state index >= 15 is 0 Å². The average Bonchev–Trinajstić information content (AvgIpc) is 2.75. The zero-order chi connectivity index (χ0) is 27.5. The lowest BCUT2D eigenvalue weighted by molar-refractivity contribution is -0.237. The third kappa shape index (κ3) is 8.21. The van der Waals surface area contributed by atoms with Crippen LogP contribution in [0.1, 0.15) is 62.3 Å². The number of aliphatic hydroxyl groups is 1. The van der Waals surface area contributed by atoms with Crippen LogP contribution in [0, 0.1) is 16.2 Å². The smallest absolute Gasteiger partial charge is 0.311 e. The normalized spacial score (nSPS) is 25.1. The third-order valence-electron chi connectivity index (χ3n) is 5.31. The summed E-state index contributed by atoms with van der Waals surface area (Å²) in [6.45, 7) is 15.1. The van der Waals surface area contributed by atoms with Crippen molar-refractivity contribution in [3.8, 4) is 0 Å². The largest absolute Gasteiger partial charge is 0.462 e. The molecule has 9 heteroatoms. The van der Waals surface area contributed by atoms with Gasteiger partial charge in [-0.3, -0.25) is 14.4 Å². The van der Waals surface area contributed by atoms with Crippen LogP contribution in [0.5, 0.6) is 0 Å². The second-order valence-corrected chi connectivity index (χ2v) is 13.2. The van der Waals surface area contributed by atoms with Crippen molar-refractivity contribution < 1.29 is 38.4 Å². The molecule has 36 heavy (non-hydrogen) atoms. The Balaban J connectivity index is 2.42. The van der Waals surface area contributed by atoms with Gasteiger partial charge in [0, 0.05) is 4.90 Å². The molecule has 202 valence electrons. The Morgan fingerprint density at radius 1 is 0.806 bits per heavy atom. The lowest BCUT2D eigenvalue weighted by Crippen LogP contribution is -2.61. The molecule has 1 aliphatic rings. The Morgan fingerprint density at radius 2 is 1.28 bits per heavy atom. The molecule has 8 nitrogen and oxygen atoms in total. The number of hydrogen-bond acceptors (Lipinski definition) is 9. The van der Waals surface area contributed by atoms with E-state index in [0.29, 0.717) is 0 Å². The molecular weight excluding hydrogens is 484 g/mol. The van der Waals surface area contributed by atoms with Gasteiger partial charge in [0.1, 0.15) is 24.3 Å². The van der Waals surface area contributed by atoms with Crippen molar-refractivity contribution >= 4 is 29.7 Å². The van der Waals surface area contributed by atoms with Crippen LogP contribution < -0.4 is 0 Å². The van der Waals surface area contributed by atoms with Crippen molar-refractivity contribution in [1.29, 1.82) is 0 Å². The van der Waals surface area contributed by atoms with Crippen molar-refractivity contribution in [2.24, 2.45) is 16.2 Å². The highest BCUT2D eigenvalue weighted by Gasteiger charge is 2.51. The molecule has 0 spiro atoms. The number of aliphatic hydroxyl groups excluding tert-OH is 1. The Morgan fingerprint density at radius 3 is 1.75 bits per heavy atom. The molecule has 0 radical (unpaired) electrons. The van der Waals surface area contributed by atoms with Crippen LogP contribution in [0.4, 0.5) is 0 Å². The Kier molecular flexibility index (Phi) is 9.64. The molecule has 1 aromatic carbocycles. The third-order valence-corrected chi connectivity index (χ3v) is 6.47. The van der Waals surface area contributed by atoms with Crippen LogP contribution in [0.2, 0.25) is 0 Å². The van der Waals surface area contributed by atoms with Crippen LogP contribution in [0.3, 0.4) is 0 Å². The first kappa shape index (κ1) is 30.1. The summed E-state index contributed by atoms with van der Waals surface area (Å²) in [4.78, 5) is 38.8. The molecule has 0 unspecified atom stereocenters. The van der Waals surface area contributed by atoms with E-state index in [1.54, 1.807) is 62.3 Å². The quantitative estimate of drug-likeness (QED) is 0.429. The molecule has 2 rings (SSSR count). The van der Waals surface area contributed by atoms with Gasteiger partial charge >= 0.3 is 17.9 Å². The summed E-state index contributed by atoms with van der Waals surface area (Å²) in [6.07, 6.45) is -4.77. The van der Waals surface area contributed by atoms with Crippen molar-refractivity contribution in [3.63, 3.8) is 0 Å². The van der Waals surface area contributed by atoms with E-state index in [2.05, 4.69) is 0 Å². The van der Waals surface area contributed by atoms with Gasteiger partial charge < -0.3 is 24.1 Å². The zero-order valence-corrected chi connectivity index (χ0v) is 23.5. The van der Waals surface area contributed by atoms with Gasteiger partial charge in [0.2, 0.25) is 0 Å². The molecule has 5 atom stereocenters. The topological polar surface area (TPSA) is 108 Å². The maximum Gasteiger partial charge on any atom is 0.311 e. The summed E-state index contributed by atoms with van der Waals surface area (Å²) in [7, 11) is 0. The molecule has 0 amide bonds. The van der Waals surface area contributed by atoms with E-state index in [1.165, 1.54) is 11.8 Å². The highest BCUT2D eigenvalue weighted by molar-refractivity contribution is 7.99. The van der Waals surface area contributed by atoms with E-state index in [9.17, 15) is 19.5 Å². The number of esters is 3. The fraction of sp³-hybridized carbons (Fsp3) is 0.667. The lowest BCUT2D eigenvalue weighted by Gasteiger charge is -2.44. The number of rotatable bonds is 6. The first-order chi connectivity index (χ1) is 16.4. The van der Waals surface area contributed by atoms with Gasteiger partial charge in [-0.25, -0.2) is 0 Å². The molecule has 0 saturated carbocycles. The molecule has 0 bridgehead atoms. The van der Waals surface area contributed by atoms with E-state index in [0.717, 1.165) is 4.90 Å². The number of carbonyl (C=O) groups is 3. The SMILES string of the molecule is CC(C)(C)C(=O)OC[C@H]1O[C@@H](Sc2ccccc2)[C@H](OC(=O)C(C)(C)C)[C@@H](O)[C@H]1OC(=O)C(C)(C)C. The van der Waals surface area contributed by atoms with Crippen molar-refractivity contribution in [2.45, 2.75) is 97.1 Å². The van der Waals surface area contributed by atoms with Gasteiger partial charge in [-0.2, -0.15) is 0 Å². The van der Waals surface area contributed by atoms with E-state index in [-0.39, 0.29) is 6.61 Å². The van der Waals surface area contributed by atoms with Crippen LogP contribution >= 0.6 is 11.8 Å². The summed E-state index contributed by atoms with van der Waals surface area (Å²) in [5, 5.41) is 11.4. The van der Waals surface area contributed by atoms with Gasteiger partial charge in [-0.05, 0) is 74.4 Å². The van der Waals surface area contributed by atoms with Crippen LogP contribution in [-0.2, 0) is 33.3 Å². The molecule has 1 heterocycles. The monoisotopic (exact) mass is 524 g/mol.